The molecular formula is C27H42ClN3O3S2Si. The summed E-state index contributed by atoms with van der Waals surface area (Å²) in [6, 6.07) is 8.20. The predicted molar refractivity (Wildman–Crippen MR) is 160 cm³/mol. The van der Waals surface area contributed by atoms with E-state index in [0.29, 0.717) is 31.4 Å². The molecule has 0 bridgehead atoms. The van der Waals surface area contributed by atoms with Gasteiger partial charge in [0.15, 0.2) is 8.32 Å². The zero-order chi connectivity index (χ0) is 27.4. The van der Waals surface area contributed by atoms with Crippen LogP contribution < -0.4 is 9.62 Å². The third kappa shape index (κ3) is 8.27. The molecule has 1 aromatic carbocycles. The molecule has 3 rings (SSSR count). The van der Waals surface area contributed by atoms with Crippen LogP contribution in [0.3, 0.4) is 0 Å². The van der Waals surface area contributed by atoms with E-state index < -0.39 is 19.3 Å². The van der Waals surface area contributed by atoms with Gasteiger partial charge in [-0.25, -0.2) is 13.9 Å². The quantitative estimate of drug-likeness (QED) is 0.328. The molecular weight excluding hydrogens is 542 g/mol. The Hall–Kier alpha value is -0.943. The lowest BCUT2D eigenvalue weighted by atomic mass is 10.1. The number of halogens is 1. The minimum absolute atomic E-state index is 0.128. The SMILES string of the molecule is CC(C)(C)S(=O)NCc1cc(N2CCOCC2)cc(Cl)c1Sc1ncccc1CO[Si](C)(C)C(C)(C)C. The lowest BCUT2D eigenvalue weighted by Gasteiger charge is -2.36. The maximum atomic E-state index is 12.8. The molecule has 1 aliphatic rings. The third-order valence-corrected chi connectivity index (χ3v) is 14.5. The first-order chi connectivity index (χ1) is 17.2. The Bertz CT molecular complexity index is 1100. The Labute approximate surface area is 236 Å². The molecule has 1 atom stereocenters. The van der Waals surface area contributed by atoms with Crippen molar-refractivity contribution in [2.75, 3.05) is 31.2 Å². The molecule has 206 valence electrons. The molecule has 1 aliphatic heterocycles. The molecule has 6 nitrogen and oxygen atoms in total. The van der Waals surface area contributed by atoms with Crippen molar-refractivity contribution in [2.24, 2.45) is 0 Å². The number of aromatic nitrogens is 1. The van der Waals surface area contributed by atoms with Crippen molar-refractivity contribution >= 4 is 48.4 Å². The average molecular weight is 584 g/mol. The second-order valence-corrected chi connectivity index (χ2v) is 20.1. The Kier molecular flexibility index (Phi) is 10.3. The van der Waals surface area contributed by atoms with E-state index in [9.17, 15) is 4.21 Å². The summed E-state index contributed by atoms with van der Waals surface area (Å²) in [5.41, 5.74) is 3.10. The van der Waals surface area contributed by atoms with Crippen LogP contribution in [0.4, 0.5) is 5.69 Å². The van der Waals surface area contributed by atoms with Crippen molar-refractivity contribution in [3.63, 3.8) is 0 Å². The molecule has 1 fully saturated rings. The number of hydrogen-bond donors (Lipinski definition) is 1. The largest absolute Gasteiger partial charge is 0.412 e. The molecule has 10 heteroatoms. The fourth-order valence-electron chi connectivity index (χ4n) is 3.44. The van der Waals surface area contributed by atoms with Crippen LogP contribution in [-0.2, 0) is 33.3 Å². The Morgan fingerprint density at radius 2 is 1.84 bits per heavy atom. The van der Waals surface area contributed by atoms with E-state index in [-0.39, 0.29) is 9.79 Å². The second-order valence-electron chi connectivity index (χ2n) is 11.8. The van der Waals surface area contributed by atoms with E-state index in [1.807, 2.05) is 32.9 Å². The molecule has 1 aromatic heterocycles. The molecule has 0 saturated carbocycles. The highest BCUT2D eigenvalue weighted by atomic mass is 35.5. The molecule has 0 radical (unpaired) electrons. The molecule has 0 aliphatic carbocycles. The first kappa shape index (κ1) is 30.6. The van der Waals surface area contributed by atoms with E-state index in [1.54, 1.807) is 18.0 Å². The predicted octanol–water partition coefficient (Wildman–Crippen LogP) is 6.80. The lowest BCUT2D eigenvalue weighted by molar-refractivity contribution is 0.122. The first-order valence-electron chi connectivity index (χ1n) is 12.8. The number of hydrogen-bond acceptors (Lipinski definition) is 6. The van der Waals surface area contributed by atoms with Gasteiger partial charge in [-0.05, 0) is 62.7 Å². The average Bonchev–Trinajstić information content (AvgIpc) is 2.82. The van der Waals surface area contributed by atoms with Crippen LogP contribution in [0.5, 0.6) is 0 Å². The zero-order valence-electron chi connectivity index (χ0n) is 23.4. The normalized spacial score (nSPS) is 16.2. The molecule has 1 saturated heterocycles. The molecule has 2 heterocycles. The van der Waals surface area contributed by atoms with E-state index >= 15 is 0 Å². The summed E-state index contributed by atoms with van der Waals surface area (Å²) in [6.45, 7) is 21.1. The van der Waals surface area contributed by atoms with Crippen LogP contribution >= 0.6 is 23.4 Å². The Morgan fingerprint density at radius 1 is 1.16 bits per heavy atom. The van der Waals surface area contributed by atoms with E-state index in [1.165, 1.54) is 0 Å². The number of nitrogens with one attached hydrogen (secondary N) is 1. The van der Waals surface area contributed by atoms with Gasteiger partial charge >= 0.3 is 0 Å². The number of ether oxygens (including phenoxy) is 1. The highest BCUT2D eigenvalue weighted by Crippen LogP contribution is 2.41. The maximum absolute atomic E-state index is 12.8. The maximum Gasteiger partial charge on any atom is 0.192 e. The summed E-state index contributed by atoms with van der Waals surface area (Å²) in [6.07, 6.45) is 1.81. The van der Waals surface area contributed by atoms with Crippen molar-refractivity contribution in [2.45, 2.75) is 87.5 Å². The number of anilines is 1. The van der Waals surface area contributed by atoms with E-state index in [2.05, 4.69) is 55.6 Å². The smallest absolute Gasteiger partial charge is 0.192 e. The molecule has 1 N–H and O–H groups in total. The number of rotatable bonds is 9. The van der Waals surface area contributed by atoms with Crippen molar-refractivity contribution in [1.82, 2.24) is 9.71 Å². The van der Waals surface area contributed by atoms with Gasteiger partial charge < -0.3 is 14.1 Å². The summed E-state index contributed by atoms with van der Waals surface area (Å²) in [5.74, 6) is 0. The van der Waals surface area contributed by atoms with E-state index in [4.69, 9.17) is 25.7 Å². The summed E-state index contributed by atoms with van der Waals surface area (Å²) >= 11 is 8.49. The molecule has 2 aromatic rings. The Morgan fingerprint density at radius 3 is 2.46 bits per heavy atom. The van der Waals surface area contributed by atoms with Gasteiger partial charge in [0.2, 0.25) is 0 Å². The number of benzene rings is 1. The van der Waals surface area contributed by atoms with Gasteiger partial charge in [0.1, 0.15) is 5.03 Å². The molecule has 0 amide bonds. The summed E-state index contributed by atoms with van der Waals surface area (Å²) in [7, 11) is -3.12. The standard InChI is InChI=1S/C27H42ClN3O3S2Si/c1-26(2,3)36(32)30-18-21-16-22(31-12-14-33-15-13-31)17-23(28)24(21)35-25-20(10-9-11-29-25)19-34-37(7,8)27(4,5)6/h9-11,16-17,30H,12-15,18-19H2,1-8H3. The molecule has 1 unspecified atom stereocenters. The summed E-state index contributed by atoms with van der Waals surface area (Å²) < 4.78 is 27.7. The van der Waals surface area contributed by atoms with Crippen LogP contribution in [-0.4, -0.2) is 48.6 Å². The second kappa shape index (κ2) is 12.5. The zero-order valence-corrected chi connectivity index (χ0v) is 26.8. The van der Waals surface area contributed by atoms with Crippen LogP contribution in [0, 0.1) is 0 Å². The molecule has 37 heavy (non-hydrogen) atoms. The minimum atomic E-state index is -1.92. The van der Waals surface area contributed by atoms with Crippen LogP contribution in [0.25, 0.3) is 0 Å². The van der Waals surface area contributed by atoms with Gasteiger partial charge in [-0.1, -0.05) is 50.2 Å². The molecule has 0 spiro atoms. The summed E-state index contributed by atoms with van der Waals surface area (Å²) in [4.78, 5) is 7.90. The van der Waals surface area contributed by atoms with Crippen LogP contribution in [0.1, 0.15) is 52.7 Å². The Balaban J connectivity index is 1.92. The van der Waals surface area contributed by atoms with Gasteiger partial charge in [0.05, 0.1) is 40.6 Å². The van der Waals surface area contributed by atoms with Gasteiger partial charge in [-0.2, -0.15) is 0 Å². The third-order valence-electron chi connectivity index (χ3n) is 6.87. The number of nitrogens with zero attached hydrogens (tertiary/aromatic N) is 2. The monoisotopic (exact) mass is 583 g/mol. The lowest BCUT2D eigenvalue weighted by Crippen LogP contribution is -2.40. The highest BCUT2D eigenvalue weighted by molar-refractivity contribution is 7.99. The number of morpholine rings is 1. The van der Waals surface area contributed by atoms with Gasteiger partial charge in [-0.15, -0.1) is 0 Å². The van der Waals surface area contributed by atoms with Crippen LogP contribution in [0.2, 0.25) is 23.2 Å². The minimum Gasteiger partial charge on any atom is -0.412 e. The highest BCUT2D eigenvalue weighted by Gasteiger charge is 2.37. The van der Waals surface area contributed by atoms with Crippen molar-refractivity contribution in [3.05, 3.63) is 46.6 Å². The van der Waals surface area contributed by atoms with Crippen molar-refractivity contribution < 1.29 is 13.4 Å². The van der Waals surface area contributed by atoms with E-state index in [0.717, 1.165) is 39.8 Å². The number of pyridine rings is 1. The fraction of sp³-hybridized carbons (Fsp3) is 0.593. The topological polar surface area (TPSA) is 63.7 Å². The van der Waals surface area contributed by atoms with Crippen molar-refractivity contribution in [1.29, 1.82) is 0 Å². The fourth-order valence-corrected chi connectivity index (χ4v) is 6.44. The van der Waals surface area contributed by atoms with Gasteiger partial charge in [0.25, 0.3) is 0 Å². The van der Waals surface area contributed by atoms with Crippen LogP contribution in [0.15, 0.2) is 40.4 Å². The summed E-state index contributed by atoms with van der Waals surface area (Å²) in [5, 5.41) is 1.66. The van der Waals surface area contributed by atoms with Gasteiger partial charge in [-0.3, -0.25) is 0 Å². The van der Waals surface area contributed by atoms with Gasteiger partial charge in [0, 0.05) is 42.0 Å². The first-order valence-corrected chi connectivity index (χ1v) is 18.0. The van der Waals surface area contributed by atoms with Crippen molar-refractivity contribution in [3.8, 4) is 0 Å².